The minimum Gasteiger partial charge on any atom is -0.497 e. The smallest absolute Gasteiger partial charge is 0.283 e. The van der Waals surface area contributed by atoms with E-state index in [-0.39, 0.29) is 6.02 Å². The van der Waals surface area contributed by atoms with Crippen molar-refractivity contribution in [1.29, 1.82) is 0 Å². The second-order valence-corrected chi connectivity index (χ2v) is 7.68. The maximum atomic E-state index is 6.25. The number of ether oxygens (including phenoxy) is 3. The Bertz CT molecular complexity index is 1380. The van der Waals surface area contributed by atoms with Gasteiger partial charge in [0.15, 0.2) is 5.54 Å². The Morgan fingerprint density at radius 3 is 2.65 bits per heavy atom. The van der Waals surface area contributed by atoms with E-state index in [4.69, 9.17) is 24.9 Å². The normalized spacial score (nSPS) is 18.7. The number of fused-ring (bicyclic) bond motifs is 5. The van der Waals surface area contributed by atoms with Gasteiger partial charge in [0.25, 0.3) is 6.02 Å². The molecule has 6 rings (SSSR count). The maximum Gasteiger partial charge on any atom is 0.283 e. The van der Waals surface area contributed by atoms with Crippen LogP contribution in [-0.2, 0) is 10.3 Å². The number of rotatable bonds is 2. The molecule has 0 saturated carbocycles. The summed E-state index contributed by atoms with van der Waals surface area (Å²) in [7, 11) is 1.64. The fourth-order valence-corrected chi connectivity index (χ4v) is 4.50. The van der Waals surface area contributed by atoms with E-state index in [0.717, 1.165) is 50.3 Å². The lowest BCUT2D eigenvalue weighted by atomic mass is 9.80. The van der Waals surface area contributed by atoms with E-state index in [9.17, 15) is 0 Å². The molecule has 1 atom stereocenters. The van der Waals surface area contributed by atoms with E-state index >= 15 is 0 Å². The number of nitrogens with two attached hydrogens (primary N) is 1. The summed E-state index contributed by atoms with van der Waals surface area (Å²) in [6.07, 6.45) is 3.69. The van der Waals surface area contributed by atoms with Gasteiger partial charge in [-0.1, -0.05) is 24.3 Å². The summed E-state index contributed by atoms with van der Waals surface area (Å²) in [5, 5.41) is 2.22. The van der Waals surface area contributed by atoms with Gasteiger partial charge in [-0.05, 0) is 52.9 Å². The van der Waals surface area contributed by atoms with Gasteiger partial charge in [-0.25, -0.2) is 4.99 Å². The first-order valence-corrected chi connectivity index (χ1v) is 10.0. The van der Waals surface area contributed by atoms with Gasteiger partial charge in [-0.3, -0.25) is 4.98 Å². The highest BCUT2D eigenvalue weighted by atomic mass is 16.5. The molecule has 3 aromatic carbocycles. The number of hydrogen-bond donors (Lipinski definition) is 1. The lowest BCUT2D eigenvalue weighted by Gasteiger charge is -2.34. The van der Waals surface area contributed by atoms with Gasteiger partial charge in [-0.15, -0.1) is 0 Å². The number of pyridine rings is 1. The van der Waals surface area contributed by atoms with Gasteiger partial charge in [0.05, 0.1) is 7.11 Å². The molecule has 2 aliphatic heterocycles. The summed E-state index contributed by atoms with van der Waals surface area (Å²) in [6.45, 7) is 0.304. The fourth-order valence-electron chi connectivity index (χ4n) is 4.50. The van der Waals surface area contributed by atoms with Crippen LogP contribution >= 0.6 is 0 Å². The second-order valence-electron chi connectivity index (χ2n) is 7.68. The molecule has 152 valence electrons. The highest BCUT2D eigenvalue weighted by Crippen LogP contribution is 2.52. The lowest BCUT2D eigenvalue weighted by molar-refractivity contribution is 0.264. The SMILES string of the molecule is COc1ccc2c(c1)[C@]1(COC(N)=N1)c1cc(-c3cccc4cnccc34)ccc1O2. The number of amidine groups is 1. The van der Waals surface area contributed by atoms with E-state index in [1.54, 1.807) is 7.11 Å². The van der Waals surface area contributed by atoms with Crippen LogP contribution < -0.4 is 15.2 Å². The van der Waals surface area contributed by atoms with Crippen LogP contribution in [0, 0.1) is 0 Å². The van der Waals surface area contributed by atoms with Crippen LogP contribution in [0.2, 0.25) is 0 Å². The van der Waals surface area contributed by atoms with E-state index in [2.05, 4.69) is 29.2 Å². The van der Waals surface area contributed by atoms with Crippen molar-refractivity contribution < 1.29 is 14.2 Å². The second kappa shape index (κ2) is 6.47. The predicted molar refractivity (Wildman–Crippen MR) is 119 cm³/mol. The summed E-state index contributed by atoms with van der Waals surface area (Å²) < 4.78 is 17.4. The van der Waals surface area contributed by atoms with Crippen molar-refractivity contribution >= 4 is 16.8 Å². The summed E-state index contributed by atoms with van der Waals surface area (Å²) in [6, 6.07) is 20.3. The van der Waals surface area contributed by atoms with E-state index in [0.29, 0.717) is 6.61 Å². The number of aliphatic imine (C=N–C) groups is 1. The van der Waals surface area contributed by atoms with Crippen molar-refractivity contribution in [2.75, 3.05) is 13.7 Å². The molecular weight excluding hydrogens is 390 g/mol. The maximum absolute atomic E-state index is 6.25. The highest BCUT2D eigenvalue weighted by molar-refractivity contribution is 5.96. The lowest BCUT2D eigenvalue weighted by Crippen LogP contribution is -2.31. The quantitative estimate of drug-likeness (QED) is 0.523. The van der Waals surface area contributed by atoms with Gasteiger partial charge in [0.2, 0.25) is 0 Å². The molecule has 0 aliphatic carbocycles. The highest BCUT2D eigenvalue weighted by Gasteiger charge is 2.47. The number of aromatic nitrogens is 1. The zero-order valence-corrected chi connectivity index (χ0v) is 16.8. The molecule has 0 radical (unpaired) electrons. The molecule has 4 aromatic rings. The van der Waals surface area contributed by atoms with E-state index in [1.165, 1.54) is 0 Å². The van der Waals surface area contributed by atoms with Crippen LogP contribution in [0.3, 0.4) is 0 Å². The molecule has 31 heavy (non-hydrogen) atoms. The van der Waals surface area contributed by atoms with Gasteiger partial charge in [0, 0.05) is 28.9 Å². The molecule has 2 N–H and O–H groups in total. The molecule has 0 unspecified atom stereocenters. The van der Waals surface area contributed by atoms with Crippen LogP contribution in [0.1, 0.15) is 11.1 Å². The van der Waals surface area contributed by atoms with Crippen molar-refractivity contribution in [3.05, 3.63) is 84.2 Å². The van der Waals surface area contributed by atoms with Crippen molar-refractivity contribution in [2.45, 2.75) is 5.54 Å². The molecule has 2 aliphatic rings. The third kappa shape index (κ3) is 2.58. The van der Waals surface area contributed by atoms with Crippen LogP contribution in [0.5, 0.6) is 17.2 Å². The van der Waals surface area contributed by atoms with Gasteiger partial charge in [-0.2, -0.15) is 0 Å². The van der Waals surface area contributed by atoms with Crippen LogP contribution in [0.25, 0.3) is 21.9 Å². The third-order valence-electron chi connectivity index (χ3n) is 6.00. The largest absolute Gasteiger partial charge is 0.497 e. The van der Waals surface area contributed by atoms with Crippen LogP contribution in [0.4, 0.5) is 0 Å². The molecule has 0 bridgehead atoms. The third-order valence-corrected chi connectivity index (χ3v) is 6.00. The number of hydrogen-bond acceptors (Lipinski definition) is 6. The molecule has 0 saturated heterocycles. The Hall–Kier alpha value is -4.06. The Morgan fingerprint density at radius 2 is 1.84 bits per heavy atom. The molecular formula is C25H19N3O3. The van der Waals surface area contributed by atoms with Crippen LogP contribution in [-0.4, -0.2) is 24.7 Å². The number of nitrogens with zero attached hydrogens (tertiary/aromatic N) is 2. The van der Waals surface area contributed by atoms with Crippen molar-refractivity contribution in [2.24, 2.45) is 10.7 Å². The molecule has 6 nitrogen and oxygen atoms in total. The van der Waals surface area contributed by atoms with Crippen molar-refractivity contribution in [3.63, 3.8) is 0 Å². The zero-order chi connectivity index (χ0) is 21.0. The molecule has 0 amide bonds. The Labute approximate surface area is 178 Å². The standard InChI is InChI=1S/C25H19N3O3/c1-29-17-6-8-23-21(12-17)25(14-30-24(26)28-25)20-11-15(5-7-22(20)31-23)18-4-2-3-16-13-27-10-9-19(16)18/h2-13H,14H2,1H3,(H2,26,28)/t25-/m0/s1. The minimum absolute atomic E-state index is 0.170. The van der Waals surface area contributed by atoms with E-state index < -0.39 is 5.54 Å². The Morgan fingerprint density at radius 1 is 1.00 bits per heavy atom. The summed E-state index contributed by atoms with van der Waals surface area (Å²) in [5.41, 5.74) is 9.17. The summed E-state index contributed by atoms with van der Waals surface area (Å²) in [4.78, 5) is 9.01. The average Bonchev–Trinajstić information content (AvgIpc) is 3.21. The topological polar surface area (TPSA) is 79.0 Å². The molecule has 3 heterocycles. The monoisotopic (exact) mass is 409 g/mol. The fraction of sp³-hybridized carbons (Fsp3) is 0.120. The van der Waals surface area contributed by atoms with E-state index in [1.807, 2.05) is 48.8 Å². The molecule has 1 spiro atoms. The van der Waals surface area contributed by atoms with Gasteiger partial charge in [0.1, 0.15) is 23.9 Å². The Balaban J connectivity index is 1.60. The van der Waals surface area contributed by atoms with Crippen molar-refractivity contribution in [1.82, 2.24) is 4.98 Å². The van der Waals surface area contributed by atoms with Crippen LogP contribution in [0.15, 0.2) is 78.0 Å². The van der Waals surface area contributed by atoms with Gasteiger partial charge >= 0.3 is 0 Å². The number of benzene rings is 3. The average molecular weight is 409 g/mol. The first kappa shape index (κ1) is 17.8. The zero-order valence-electron chi connectivity index (χ0n) is 16.8. The molecule has 6 heteroatoms. The summed E-state index contributed by atoms with van der Waals surface area (Å²) in [5.74, 6) is 2.19. The molecule has 0 fully saturated rings. The van der Waals surface area contributed by atoms with Gasteiger partial charge < -0.3 is 19.9 Å². The minimum atomic E-state index is -0.788. The number of methoxy groups -OCH3 is 1. The summed E-state index contributed by atoms with van der Waals surface area (Å²) >= 11 is 0. The first-order chi connectivity index (χ1) is 15.2. The predicted octanol–water partition coefficient (Wildman–Crippen LogP) is 4.60. The Kier molecular flexibility index (Phi) is 3.71. The molecule has 1 aromatic heterocycles. The first-order valence-electron chi connectivity index (χ1n) is 10.0. The van der Waals surface area contributed by atoms with Crippen molar-refractivity contribution in [3.8, 4) is 28.4 Å².